The summed E-state index contributed by atoms with van der Waals surface area (Å²) >= 11 is 3.32. The maximum atomic E-state index is 3.47. The van der Waals surface area contributed by atoms with Gasteiger partial charge in [0.15, 0.2) is 0 Å². The van der Waals surface area contributed by atoms with E-state index in [0.717, 1.165) is 52.9 Å². The van der Waals surface area contributed by atoms with Crippen LogP contribution in [0.25, 0.3) is 9.75 Å². The van der Waals surface area contributed by atoms with Crippen molar-refractivity contribution in [1.29, 1.82) is 0 Å². The molecule has 6 aromatic rings. The molecule has 2 aromatic heterocycles. The third-order valence-electron chi connectivity index (χ3n) is 7.22. The van der Waals surface area contributed by atoms with E-state index in [-0.39, 0.29) is 0 Å². The Morgan fingerprint density at radius 2 is 0.587 bits per heavy atom. The van der Waals surface area contributed by atoms with Gasteiger partial charge in [0.2, 0.25) is 0 Å². The number of benzene rings is 4. The lowest BCUT2D eigenvalue weighted by Gasteiger charge is -1.97. The van der Waals surface area contributed by atoms with E-state index in [0.29, 0.717) is 0 Å². The van der Waals surface area contributed by atoms with Crippen LogP contribution in [0.4, 0.5) is 0 Å². The highest BCUT2D eigenvalue weighted by Gasteiger charge is 2.16. The minimum atomic E-state index is 0.942. The van der Waals surface area contributed by atoms with Gasteiger partial charge in [0.25, 0.3) is 0 Å². The highest BCUT2D eigenvalue weighted by Crippen LogP contribution is 2.39. The lowest BCUT2D eigenvalue weighted by Crippen LogP contribution is -1.80. The molecular weight excluding hydrogens is 593 g/mol. The van der Waals surface area contributed by atoms with Crippen LogP contribution in [0.2, 0.25) is 0 Å². The Bertz CT molecular complexity index is 2090. The fourth-order valence-electron chi connectivity index (χ4n) is 4.52. The molecule has 2 heterocycles. The van der Waals surface area contributed by atoms with Crippen molar-refractivity contribution in [3.05, 3.63) is 175 Å². The number of aryl methyl sites for hydroxylation is 4. The molecular formula is C44H30S2. The normalized spacial score (nSPS) is 9.91. The van der Waals surface area contributed by atoms with Crippen molar-refractivity contribution in [3.8, 4) is 57.1 Å². The summed E-state index contributed by atoms with van der Waals surface area (Å²) in [6.45, 7) is 8.34. The smallest absolute Gasteiger partial charge is 0.0792 e. The topological polar surface area (TPSA) is 0 Å². The second kappa shape index (κ2) is 14.1. The van der Waals surface area contributed by atoms with E-state index in [4.69, 9.17) is 0 Å². The highest BCUT2D eigenvalue weighted by atomic mass is 32.1. The molecule has 0 radical (unpaired) electrons. The Morgan fingerprint density at radius 3 is 0.870 bits per heavy atom. The van der Waals surface area contributed by atoms with Crippen molar-refractivity contribution in [1.82, 2.24) is 0 Å². The minimum Gasteiger partial charge on any atom is -0.124 e. The monoisotopic (exact) mass is 622 g/mol. The molecule has 0 saturated carbocycles. The van der Waals surface area contributed by atoms with Crippen LogP contribution in [0, 0.1) is 75.1 Å². The van der Waals surface area contributed by atoms with Gasteiger partial charge >= 0.3 is 0 Å². The van der Waals surface area contributed by atoms with E-state index >= 15 is 0 Å². The van der Waals surface area contributed by atoms with Gasteiger partial charge in [-0.25, -0.2) is 0 Å². The minimum absolute atomic E-state index is 0.942. The highest BCUT2D eigenvalue weighted by molar-refractivity contribution is 7.23. The molecule has 218 valence electrons. The SMILES string of the molecule is Cc1ccc(C#Cc2cc(C#Cc3ccc(C)cc3)c(-c3sc(C#Cc4ccc(C)cc4)cc3C#Cc3ccc(C)cc3)s2)cc1. The van der Waals surface area contributed by atoms with E-state index < -0.39 is 0 Å². The molecule has 0 saturated heterocycles. The summed E-state index contributed by atoms with van der Waals surface area (Å²) in [6, 6.07) is 37.4. The van der Waals surface area contributed by atoms with Crippen LogP contribution in [0.1, 0.15) is 65.4 Å². The fraction of sp³-hybridized carbons (Fsp3) is 0.0909. The quantitative estimate of drug-likeness (QED) is 0.160. The van der Waals surface area contributed by atoms with Gasteiger partial charge < -0.3 is 0 Å². The Balaban J connectivity index is 1.47. The summed E-state index contributed by atoms with van der Waals surface area (Å²) in [4.78, 5) is 4.05. The first-order chi connectivity index (χ1) is 22.4. The van der Waals surface area contributed by atoms with Crippen molar-refractivity contribution in [2.45, 2.75) is 27.7 Å². The summed E-state index contributed by atoms with van der Waals surface area (Å²) in [6.07, 6.45) is 0. The molecule has 0 atom stereocenters. The first-order valence-electron chi connectivity index (χ1n) is 15.0. The number of rotatable bonds is 1. The molecule has 4 aromatic carbocycles. The van der Waals surface area contributed by atoms with E-state index in [1.54, 1.807) is 22.7 Å². The summed E-state index contributed by atoms with van der Waals surface area (Å²) < 4.78 is 0. The average Bonchev–Trinajstić information content (AvgIpc) is 3.67. The molecule has 46 heavy (non-hydrogen) atoms. The van der Waals surface area contributed by atoms with E-state index in [1.165, 1.54) is 22.3 Å². The van der Waals surface area contributed by atoms with Crippen molar-refractivity contribution in [3.63, 3.8) is 0 Å². The van der Waals surface area contributed by atoms with Crippen LogP contribution in [-0.2, 0) is 0 Å². The summed E-state index contributed by atoms with van der Waals surface area (Å²) in [5.74, 6) is 27.2. The zero-order valence-corrected chi connectivity index (χ0v) is 27.8. The molecule has 2 heteroatoms. The predicted octanol–water partition coefficient (Wildman–Crippen LogP) is 10.3. The molecule has 0 fully saturated rings. The third-order valence-corrected chi connectivity index (χ3v) is 9.48. The van der Waals surface area contributed by atoms with Crippen molar-refractivity contribution >= 4 is 22.7 Å². The molecule has 0 spiro atoms. The number of hydrogen-bond donors (Lipinski definition) is 0. The summed E-state index contributed by atoms with van der Waals surface area (Å²) in [5.41, 5.74) is 10.7. The van der Waals surface area contributed by atoms with Crippen LogP contribution in [0.5, 0.6) is 0 Å². The maximum absolute atomic E-state index is 3.47. The lowest BCUT2D eigenvalue weighted by atomic mass is 10.1. The zero-order valence-electron chi connectivity index (χ0n) is 26.2. The number of hydrogen-bond acceptors (Lipinski definition) is 2. The lowest BCUT2D eigenvalue weighted by molar-refractivity contribution is 1.46. The van der Waals surface area contributed by atoms with Gasteiger partial charge in [-0.1, -0.05) is 118 Å². The molecule has 0 nitrogen and oxygen atoms in total. The van der Waals surface area contributed by atoms with Gasteiger partial charge in [-0.05, 0) is 88.4 Å². The fourth-order valence-corrected chi connectivity index (χ4v) is 6.62. The van der Waals surface area contributed by atoms with E-state index in [2.05, 4.69) is 184 Å². The third kappa shape index (κ3) is 7.96. The number of thiophene rings is 2. The Morgan fingerprint density at radius 1 is 0.326 bits per heavy atom. The molecule has 0 unspecified atom stereocenters. The van der Waals surface area contributed by atoms with Gasteiger partial charge in [0.1, 0.15) is 0 Å². The largest absolute Gasteiger partial charge is 0.124 e. The van der Waals surface area contributed by atoms with Gasteiger partial charge in [-0.2, -0.15) is 0 Å². The summed E-state index contributed by atoms with van der Waals surface area (Å²) in [7, 11) is 0. The van der Waals surface area contributed by atoms with Gasteiger partial charge in [-0.15, -0.1) is 22.7 Å². The van der Waals surface area contributed by atoms with E-state index in [9.17, 15) is 0 Å². The molecule has 0 aliphatic carbocycles. The van der Waals surface area contributed by atoms with Crippen LogP contribution in [0.15, 0.2) is 109 Å². The Hall–Kier alpha value is -5.48. The Labute approximate surface area is 280 Å². The van der Waals surface area contributed by atoms with Gasteiger partial charge in [0, 0.05) is 33.4 Å². The second-order valence-corrected chi connectivity index (χ2v) is 13.3. The van der Waals surface area contributed by atoms with Crippen LogP contribution < -0.4 is 0 Å². The van der Waals surface area contributed by atoms with Crippen LogP contribution >= 0.6 is 22.7 Å². The summed E-state index contributed by atoms with van der Waals surface area (Å²) in [5, 5.41) is 0. The van der Waals surface area contributed by atoms with Crippen molar-refractivity contribution in [2.75, 3.05) is 0 Å². The molecule has 0 amide bonds. The average molecular weight is 623 g/mol. The van der Waals surface area contributed by atoms with Gasteiger partial charge in [0.05, 0.1) is 19.5 Å². The zero-order chi connectivity index (χ0) is 31.9. The van der Waals surface area contributed by atoms with Gasteiger partial charge in [-0.3, -0.25) is 0 Å². The second-order valence-electron chi connectivity index (χ2n) is 11.2. The predicted molar refractivity (Wildman–Crippen MR) is 196 cm³/mol. The van der Waals surface area contributed by atoms with Crippen molar-refractivity contribution < 1.29 is 0 Å². The first-order valence-corrected chi connectivity index (χ1v) is 16.6. The molecule has 0 aliphatic rings. The Kier molecular flexibility index (Phi) is 9.35. The molecule has 6 rings (SSSR count). The van der Waals surface area contributed by atoms with Crippen LogP contribution in [0.3, 0.4) is 0 Å². The van der Waals surface area contributed by atoms with E-state index in [1.807, 2.05) is 0 Å². The van der Waals surface area contributed by atoms with Crippen molar-refractivity contribution in [2.24, 2.45) is 0 Å². The maximum Gasteiger partial charge on any atom is 0.0792 e. The molecule has 0 aliphatic heterocycles. The standard InChI is InChI=1S/C44H30S2/c1-31-5-13-35(14-6-31)21-25-39-29-41(27-23-37-17-9-33(3)10-18-37)45-43(39)44-40(26-22-36-15-7-32(2)8-16-36)30-42(46-44)28-24-38-19-11-34(4)12-20-38/h5-20,29-30H,1-4H3. The molecule has 0 bridgehead atoms. The van der Waals surface area contributed by atoms with Crippen LogP contribution in [-0.4, -0.2) is 0 Å². The molecule has 0 N–H and O–H groups in total. The first kappa shape index (κ1) is 30.5.